The van der Waals surface area contributed by atoms with E-state index in [1.54, 1.807) is 24.4 Å². The van der Waals surface area contributed by atoms with E-state index in [0.29, 0.717) is 81.9 Å². The maximum atomic E-state index is 13.1. The number of aromatic nitrogens is 4. The van der Waals surface area contributed by atoms with Crippen LogP contribution in [0.4, 0.5) is 17.6 Å². The lowest BCUT2D eigenvalue weighted by Crippen LogP contribution is -2.29. The summed E-state index contributed by atoms with van der Waals surface area (Å²) in [4.78, 5) is 45.6. The van der Waals surface area contributed by atoms with Crippen molar-refractivity contribution >= 4 is 63.4 Å². The number of piperidine rings is 1. The van der Waals surface area contributed by atoms with Crippen LogP contribution in [0.2, 0.25) is 10.0 Å². The predicted octanol–water partition coefficient (Wildman–Crippen LogP) is 7.16. The zero-order valence-electron chi connectivity index (χ0n) is 36.2. The second-order valence-corrected chi connectivity index (χ2v) is 18.5. The smallest absolute Gasteiger partial charge is 0.256 e. The fourth-order valence-electron chi connectivity index (χ4n) is 7.70. The first-order valence-electron chi connectivity index (χ1n) is 21.0. The zero-order valence-corrected chi connectivity index (χ0v) is 38.6. The molecule has 65 heavy (non-hydrogen) atoms. The molecule has 3 heterocycles. The molecule has 0 radical (unpaired) electrons. The first-order chi connectivity index (χ1) is 31.3. The van der Waals surface area contributed by atoms with E-state index in [1.165, 1.54) is 12.5 Å². The number of carbonyl (C=O) groups excluding carboxylic acids is 2. The van der Waals surface area contributed by atoms with Gasteiger partial charge in [-0.05, 0) is 62.8 Å². The first kappa shape index (κ1) is 47.0. The molecule has 2 fully saturated rings. The third-order valence-electron chi connectivity index (χ3n) is 11.8. The summed E-state index contributed by atoms with van der Waals surface area (Å²) in [5, 5.41) is 31.9. The van der Waals surface area contributed by atoms with Crippen LogP contribution in [-0.2, 0) is 50.2 Å². The molecule has 0 bridgehead atoms. The Kier molecular flexibility index (Phi) is 15.4. The van der Waals surface area contributed by atoms with E-state index in [-0.39, 0.29) is 41.6 Å². The number of nitrogens with one attached hydrogen (secondary N) is 4. The van der Waals surface area contributed by atoms with Crippen LogP contribution in [0.25, 0.3) is 0 Å². The minimum absolute atomic E-state index is 0.109. The molecule has 17 heteroatoms. The van der Waals surface area contributed by atoms with Gasteiger partial charge in [0, 0.05) is 68.0 Å². The van der Waals surface area contributed by atoms with Gasteiger partial charge in [-0.3, -0.25) is 13.8 Å². The summed E-state index contributed by atoms with van der Waals surface area (Å²) in [5.74, 6) is 2.17. The van der Waals surface area contributed by atoms with Gasteiger partial charge in [-0.2, -0.15) is 4.98 Å². The number of carbonyl (C=O) groups is 2. The van der Waals surface area contributed by atoms with E-state index in [9.17, 15) is 24.0 Å². The maximum Gasteiger partial charge on any atom is 0.256 e. The average molecular weight is 937 g/mol. The van der Waals surface area contributed by atoms with Crippen molar-refractivity contribution in [3.8, 4) is 0 Å². The minimum Gasteiger partial charge on any atom is -0.392 e. The fourth-order valence-corrected chi connectivity index (χ4v) is 8.65. The van der Waals surface area contributed by atoms with Crippen LogP contribution in [-0.4, -0.2) is 65.5 Å². The van der Waals surface area contributed by atoms with Gasteiger partial charge in [-0.25, -0.2) is 15.0 Å². The van der Waals surface area contributed by atoms with Gasteiger partial charge in [0.05, 0.1) is 24.0 Å². The highest BCUT2D eigenvalue weighted by atomic mass is 35.5. The minimum atomic E-state index is -1.39. The van der Waals surface area contributed by atoms with Crippen molar-refractivity contribution in [2.45, 2.75) is 58.4 Å². The number of benzene rings is 4. The van der Waals surface area contributed by atoms with Gasteiger partial charge in [-0.15, -0.1) is 0 Å². The Morgan fingerprint density at radius 1 is 0.677 bits per heavy atom. The molecule has 338 valence electrons. The summed E-state index contributed by atoms with van der Waals surface area (Å²) in [5.41, 5.74) is 6.10. The molecule has 6 aromatic rings. The number of hydrogen-bond donors (Lipinski definition) is 6. The van der Waals surface area contributed by atoms with Crippen molar-refractivity contribution < 1.29 is 24.0 Å². The Balaban J connectivity index is 0.000000197. The molecular formula is C48H51Cl2N9O5S. The number of aliphatic hydroxyl groups excluding tert-OH is 2. The number of fused-ring (bicyclic) bond motifs is 1. The second-order valence-electron chi connectivity index (χ2n) is 16.5. The third-order valence-corrected chi connectivity index (χ3v) is 13.2. The lowest BCUT2D eigenvalue weighted by atomic mass is 10.1. The molecule has 3 atom stereocenters. The van der Waals surface area contributed by atoms with Crippen molar-refractivity contribution in [3.05, 3.63) is 164 Å². The monoisotopic (exact) mass is 935 g/mol. The van der Waals surface area contributed by atoms with Crippen LogP contribution in [0.1, 0.15) is 67.9 Å². The summed E-state index contributed by atoms with van der Waals surface area (Å²) in [6.07, 6.45) is 4.46. The van der Waals surface area contributed by atoms with Crippen LogP contribution in [0.5, 0.6) is 0 Å². The van der Waals surface area contributed by atoms with Gasteiger partial charge in [0.25, 0.3) is 11.8 Å². The summed E-state index contributed by atoms with van der Waals surface area (Å²) in [6, 6.07) is 30.1. The number of rotatable bonds is 16. The van der Waals surface area contributed by atoms with Crippen LogP contribution >= 0.6 is 23.2 Å². The Bertz CT molecular complexity index is 2650. The van der Waals surface area contributed by atoms with Gasteiger partial charge in [0.15, 0.2) is 0 Å². The molecule has 1 aliphatic heterocycles. The normalized spacial score (nSPS) is 16.1. The largest absolute Gasteiger partial charge is 0.392 e. The summed E-state index contributed by atoms with van der Waals surface area (Å²) >= 11 is 12.4. The van der Waals surface area contributed by atoms with E-state index in [1.807, 2.05) is 78.9 Å². The summed E-state index contributed by atoms with van der Waals surface area (Å²) in [7, 11) is -1.39. The van der Waals surface area contributed by atoms with Gasteiger partial charge in [-0.1, -0.05) is 122 Å². The van der Waals surface area contributed by atoms with Gasteiger partial charge in [0.2, 0.25) is 11.1 Å². The SMILES string of the molecule is CC1(C)C2CN(c3ncc(C(=O)NCc4ccccc4)c(NCc4ccc(CO)c(Cl)c4)n3)CC21.CS(=O)c1ncc(C(=O)NCc2ccccc2)c(NCc2ccc(CO)c(Cl)c2)n1. The molecule has 3 unspecified atom stereocenters. The molecule has 2 amide bonds. The van der Waals surface area contributed by atoms with Crippen molar-refractivity contribution in [1.29, 1.82) is 0 Å². The maximum absolute atomic E-state index is 13.1. The summed E-state index contributed by atoms with van der Waals surface area (Å²) < 4.78 is 11.8. The highest BCUT2D eigenvalue weighted by molar-refractivity contribution is 7.84. The van der Waals surface area contributed by atoms with Gasteiger partial charge < -0.3 is 36.4 Å². The molecule has 1 saturated carbocycles. The standard InChI is InChI=1S/C27H30ClN5O2.C21H21ClN4O3S/c1-27(2)21-14-33(15-22(21)27)26-31-13-20(25(35)30-11-17-6-4-3-5-7-17)24(32-26)29-12-18-8-9-19(16-34)23(28)10-18;1-30(29)21-25-12-17(20(28)24-10-14-5-3-2-4-6-14)19(26-21)23-11-15-7-8-16(13-27)18(22)9-15/h3-10,13,21-22,34H,11-12,14-16H2,1-2H3,(H,30,35)(H,29,31,32);2-9,12,27H,10-11,13H2,1H3,(H,24,28)(H,23,25,26). The molecule has 6 N–H and O–H groups in total. The molecule has 1 aliphatic carbocycles. The lowest BCUT2D eigenvalue weighted by Gasteiger charge is -2.23. The molecule has 8 rings (SSSR count). The van der Waals surface area contributed by atoms with E-state index in [4.69, 9.17) is 28.2 Å². The number of anilines is 3. The number of hydrogen-bond acceptors (Lipinski definition) is 12. The number of amides is 2. The highest BCUT2D eigenvalue weighted by Crippen LogP contribution is 2.62. The van der Waals surface area contributed by atoms with E-state index >= 15 is 0 Å². The Morgan fingerprint density at radius 3 is 1.58 bits per heavy atom. The van der Waals surface area contributed by atoms with Crippen LogP contribution in [0.15, 0.2) is 115 Å². The third kappa shape index (κ3) is 11.8. The zero-order chi connectivity index (χ0) is 46.1. The van der Waals surface area contributed by atoms with Crippen LogP contribution < -0.4 is 26.2 Å². The molecule has 2 aromatic heterocycles. The molecule has 4 aromatic carbocycles. The van der Waals surface area contributed by atoms with Crippen LogP contribution in [0, 0.1) is 17.3 Å². The van der Waals surface area contributed by atoms with Gasteiger partial charge in [0.1, 0.15) is 22.8 Å². The Hall–Kier alpha value is -5.97. The quantitative estimate of drug-likeness (QED) is 0.0538. The average Bonchev–Trinajstić information content (AvgIpc) is 3.58. The van der Waals surface area contributed by atoms with Gasteiger partial charge >= 0.3 is 0 Å². The van der Waals surface area contributed by atoms with Crippen molar-refractivity contribution in [3.63, 3.8) is 0 Å². The molecule has 1 saturated heterocycles. The lowest BCUT2D eigenvalue weighted by molar-refractivity contribution is 0.0942. The van der Waals surface area contributed by atoms with E-state index in [0.717, 1.165) is 35.3 Å². The number of nitrogens with zero attached hydrogens (tertiary/aromatic N) is 5. The number of aliphatic hydroxyl groups is 2. The van der Waals surface area contributed by atoms with Crippen molar-refractivity contribution in [2.24, 2.45) is 17.3 Å². The summed E-state index contributed by atoms with van der Waals surface area (Å²) in [6.45, 7) is 7.81. The topological polar surface area (TPSA) is 195 Å². The number of halogens is 2. The Morgan fingerprint density at radius 2 is 1.14 bits per heavy atom. The highest BCUT2D eigenvalue weighted by Gasteiger charge is 2.62. The van der Waals surface area contributed by atoms with Crippen molar-refractivity contribution in [1.82, 2.24) is 30.6 Å². The molecule has 0 spiro atoms. The molecule has 2 aliphatic rings. The van der Waals surface area contributed by atoms with E-state index in [2.05, 4.69) is 55.0 Å². The molecular weight excluding hydrogens is 886 g/mol. The van der Waals surface area contributed by atoms with Crippen molar-refractivity contribution in [2.75, 3.05) is 34.9 Å². The fraction of sp³-hybridized carbons (Fsp3) is 0.292. The van der Waals surface area contributed by atoms with E-state index < -0.39 is 10.8 Å². The second kappa shape index (κ2) is 21.3. The van der Waals surface area contributed by atoms with Crippen LogP contribution in [0.3, 0.4) is 0 Å². The predicted molar refractivity (Wildman–Crippen MR) is 254 cm³/mol. The Labute approximate surface area is 390 Å². The molecule has 14 nitrogen and oxygen atoms in total. The first-order valence-corrected chi connectivity index (χ1v) is 23.4.